The quantitative estimate of drug-likeness (QED) is 0.296. The zero-order valence-electron chi connectivity index (χ0n) is 20.2. The standard InChI is InChI=1S/C24H28N4O8/c1-27(2)12-7-11-19(36-23(34)26-11)14-9(12)5-8-6-10-16(28(3)4)18(30)15(22(25)33)21(32)24(10,35)20(31)13(8)17(14)29/h7-8,10,16,23,26,30-31,34-35H,5-6H2,1-4H3,(H2,25,33)/t8?,10-,16?,23?,24-/m0/s1. The van der Waals surface area contributed by atoms with Crippen molar-refractivity contribution in [2.24, 2.45) is 17.6 Å². The molecule has 0 aromatic heterocycles. The lowest BCUT2D eigenvalue weighted by molar-refractivity contribution is -0.148. The van der Waals surface area contributed by atoms with Crippen LogP contribution in [0.15, 0.2) is 28.7 Å². The molecule has 12 nitrogen and oxygen atoms in total. The molecule has 12 heteroatoms. The number of nitrogens with one attached hydrogen (secondary N) is 1. The molecular formula is C24H28N4O8. The molecule has 1 aliphatic heterocycles. The number of nitrogens with zero attached hydrogens (tertiary/aromatic N) is 2. The third kappa shape index (κ3) is 2.95. The highest BCUT2D eigenvalue weighted by Gasteiger charge is 2.63. The fourth-order valence-corrected chi connectivity index (χ4v) is 6.19. The fraction of sp³-hybridized carbons (Fsp3) is 0.458. The van der Waals surface area contributed by atoms with Crippen LogP contribution in [0.2, 0.25) is 0 Å². The number of anilines is 2. The van der Waals surface area contributed by atoms with E-state index in [0.29, 0.717) is 16.9 Å². The van der Waals surface area contributed by atoms with Gasteiger partial charge in [0.15, 0.2) is 17.1 Å². The van der Waals surface area contributed by atoms with Gasteiger partial charge in [-0.1, -0.05) is 0 Å². The summed E-state index contributed by atoms with van der Waals surface area (Å²) in [4.78, 5) is 42.7. The minimum atomic E-state index is -2.65. The number of carbonyl (C=O) groups is 3. The van der Waals surface area contributed by atoms with Crippen molar-refractivity contribution >= 4 is 28.8 Å². The number of hydrogen-bond acceptors (Lipinski definition) is 11. The van der Waals surface area contributed by atoms with E-state index in [2.05, 4.69) is 5.32 Å². The number of Topliss-reactive ketones (excluding diaryl/α,β-unsaturated/α-hetero) is 2. The maximum Gasteiger partial charge on any atom is 0.279 e. The lowest BCUT2D eigenvalue weighted by atomic mass is 9.58. The summed E-state index contributed by atoms with van der Waals surface area (Å²) in [5.41, 5.74) is 3.56. The highest BCUT2D eigenvalue weighted by atomic mass is 16.6. The highest BCUT2D eigenvalue weighted by molar-refractivity contribution is 6.25. The second-order valence-corrected chi connectivity index (χ2v) is 10.1. The number of allylic oxidation sites excluding steroid dienone is 1. The van der Waals surface area contributed by atoms with Crippen molar-refractivity contribution in [3.05, 3.63) is 39.9 Å². The first-order valence-corrected chi connectivity index (χ1v) is 11.4. The predicted molar refractivity (Wildman–Crippen MR) is 127 cm³/mol. The zero-order chi connectivity index (χ0) is 26.4. The first-order valence-electron chi connectivity index (χ1n) is 11.4. The second-order valence-electron chi connectivity index (χ2n) is 10.1. The van der Waals surface area contributed by atoms with Gasteiger partial charge in [-0.05, 0) is 44.5 Å². The van der Waals surface area contributed by atoms with Crippen LogP contribution in [0, 0.1) is 11.8 Å². The molecule has 0 bridgehead atoms. The molecule has 5 rings (SSSR count). The van der Waals surface area contributed by atoms with E-state index < -0.39 is 64.5 Å². The molecule has 0 fully saturated rings. The van der Waals surface area contributed by atoms with Gasteiger partial charge < -0.3 is 41.1 Å². The normalized spacial score (nSPS) is 30.9. The largest absolute Gasteiger partial charge is 0.510 e. The minimum Gasteiger partial charge on any atom is -0.510 e. The molecule has 7 N–H and O–H groups in total. The van der Waals surface area contributed by atoms with E-state index in [1.165, 1.54) is 4.90 Å². The lowest BCUT2D eigenvalue weighted by Gasteiger charge is -2.50. The molecule has 0 saturated carbocycles. The molecular weight excluding hydrogens is 472 g/mol. The number of ether oxygens (including phenoxy) is 1. The Hall–Kier alpha value is -3.61. The molecule has 192 valence electrons. The third-order valence-corrected chi connectivity index (χ3v) is 7.67. The van der Waals surface area contributed by atoms with Crippen molar-refractivity contribution in [2.45, 2.75) is 30.9 Å². The topological polar surface area (TPSA) is 186 Å². The Labute approximate surface area is 206 Å². The summed E-state index contributed by atoms with van der Waals surface area (Å²) in [5, 5.41) is 46.6. The number of hydrogen-bond donors (Lipinski definition) is 6. The Morgan fingerprint density at radius 1 is 1.22 bits per heavy atom. The van der Waals surface area contributed by atoms with E-state index in [4.69, 9.17) is 10.5 Å². The summed E-state index contributed by atoms with van der Waals surface area (Å²) >= 11 is 0. The van der Waals surface area contributed by atoms with Gasteiger partial charge in [0.2, 0.25) is 5.78 Å². The number of fused-ring (bicyclic) bond motifs is 5. The van der Waals surface area contributed by atoms with Crippen molar-refractivity contribution in [1.29, 1.82) is 0 Å². The SMILES string of the molecule is CN(C)c1cc2c(c3c1CC1C[C@H]4C(N(C)C)C(O)=C(C(N)=O)C(=O)[C@@]4(O)C(O)=C1C3=O)OC(O)N2. The molecule has 4 aliphatic rings. The molecule has 3 aliphatic carbocycles. The van der Waals surface area contributed by atoms with Crippen LogP contribution in [0.1, 0.15) is 22.3 Å². The maximum atomic E-state index is 13.9. The zero-order valence-corrected chi connectivity index (χ0v) is 20.2. The number of nitrogens with two attached hydrogens (primary N) is 1. The Morgan fingerprint density at radius 2 is 1.89 bits per heavy atom. The summed E-state index contributed by atoms with van der Waals surface area (Å²) in [6, 6.07) is 0.734. The van der Waals surface area contributed by atoms with Gasteiger partial charge in [-0.15, -0.1) is 0 Å². The summed E-state index contributed by atoms with van der Waals surface area (Å²) < 4.78 is 5.45. The molecule has 1 amide bonds. The van der Waals surface area contributed by atoms with Crippen molar-refractivity contribution in [1.82, 2.24) is 4.90 Å². The molecule has 0 saturated heterocycles. The van der Waals surface area contributed by atoms with Crippen molar-refractivity contribution in [3.8, 4) is 5.75 Å². The van der Waals surface area contributed by atoms with Crippen molar-refractivity contribution in [2.75, 3.05) is 38.4 Å². The smallest absolute Gasteiger partial charge is 0.279 e. The first-order chi connectivity index (χ1) is 16.8. The molecule has 1 aromatic rings. The van der Waals surface area contributed by atoms with E-state index in [1.807, 2.05) is 4.90 Å². The number of aliphatic hydroxyl groups is 4. The average Bonchev–Trinajstić information content (AvgIpc) is 3.14. The summed E-state index contributed by atoms with van der Waals surface area (Å²) in [7, 11) is 6.79. The van der Waals surface area contributed by atoms with Crippen molar-refractivity contribution < 1.29 is 39.5 Å². The molecule has 0 radical (unpaired) electrons. The molecule has 3 unspecified atom stereocenters. The Bertz CT molecular complexity index is 1300. The maximum absolute atomic E-state index is 13.9. The van der Waals surface area contributed by atoms with Crippen LogP contribution in [0.25, 0.3) is 0 Å². The van der Waals surface area contributed by atoms with E-state index in [1.54, 1.807) is 34.3 Å². The summed E-state index contributed by atoms with van der Waals surface area (Å²) in [6.07, 6.45) is -1.06. The van der Waals surface area contributed by atoms with Crippen LogP contribution in [-0.2, 0) is 16.0 Å². The second kappa shape index (κ2) is 7.69. The van der Waals surface area contributed by atoms with E-state index >= 15 is 0 Å². The average molecular weight is 501 g/mol. The molecule has 1 aromatic carbocycles. The number of amides is 1. The van der Waals surface area contributed by atoms with Crippen LogP contribution in [0.5, 0.6) is 5.75 Å². The van der Waals surface area contributed by atoms with E-state index in [9.17, 15) is 34.8 Å². The van der Waals surface area contributed by atoms with Crippen LogP contribution >= 0.6 is 0 Å². The molecule has 0 spiro atoms. The van der Waals surface area contributed by atoms with Crippen LogP contribution < -0.4 is 20.7 Å². The Kier molecular flexibility index (Phi) is 5.15. The number of carbonyl (C=O) groups excluding carboxylic acids is 3. The first kappa shape index (κ1) is 24.1. The van der Waals surface area contributed by atoms with Gasteiger partial charge in [0, 0.05) is 31.3 Å². The summed E-state index contributed by atoms with van der Waals surface area (Å²) in [6.45, 7) is 0. The lowest BCUT2D eigenvalue weighted by Crippen LogP contribution is -2.63. The highest BCUT2D eigenvalue weighted by Crippen LogP contribution is 2.54. The number of primary amides is 1. The van der Waals surface area contributed by atoms with E-state index in [0.717, 1.165) is 0 Å². The minimum absolute atomic E-state index is 0.0530. The van der Waals surface area contributed by atoms with Gasteiger partial charge in [0.05, 0.1) is 17.3 Å². The number of rotatable bonds is 3. The summed E-state index contributed by atoms with van der Waals surface area (Å²) in [5.74, 6) is -6.17. The van der Waals surface area contributed by atoms with Gasteiger partial charge in [0.1, 0.15) is 17.1 Å². The van der Waals surface area contributed by atoms with Gasteiger partial charge >= 0.3 is 0 Å². The number of ketones is 2. The predicted octanol–water partition coefficient (Wildman–Crippen LogP) is -0.439. The van der Waals surface area contributed by atoms with Crippen molar-refractivity contribution in [3.63, 3.8) is 0 Å². The third-order valence-electron chi connectivity index (χ3n) is 7.67. The fourth-order valence-electron chi connectivity index (χ4n) is 6.19. The van der Waals surface area contributed by atoms with Gasteiger partial charge in [-0.3, -0.25) is 19.3 Å². The molecule has 36 heavy (non-hydrogen) atoms. The van der Waals surface area contributed by atoms with Gasteiger partial charge in [-0.2, -0.15) is 0 Å². The Balaban J connectivity index is 1.75. The number of aliphatic hydroxyl groups excluding tert-OH is 3. The molecule has 5 atom stereocenters. The van der Waals surface area contributed by atoms with Crippen LogP contribution in [0.3, 0.4) is 0 Å². The Morgan fingerprint density at radius 3 is 2.47 bits per heavy atom. The van der Waals surface area contributed by atoms with E-state index in [-0.39, 0.29) is 29.7 Å². The van der Waals surface area contributed by atoms with Crippen LogP contribution in [-0.4, -0.2) is 89.0 Å². The van der Waals surface area contributed by atoms with Gasteiger partial charge in [-0.25, -0.2) is 0 Å². The van der Waals surface area contributed by atoms with Crippen LogP contribution in [0.4, 0.5) is 11.4 Å². The number of benzene rings is 1. The van der Waals surface area contributed by atoms with Gasteiger partial charge in [0.25, 0.3) is 12.3 Å². The molecule has 1 heterocycles. The monoisotopic (exact) mass is 500 g/mol. The number of likely N-dealkylation sites (N-methyl/N-ethyl adjacent to an activating group) is 1.